The highest BCUT2D eigenvalue weighted by atomic mass is 16.5. The molecule has 1 heterocycles. The number of hydrogen-bond acceptors (Lipinski definition) is 4. The van der Waals surface area contributed by atoms with E-state index in [0.717, 1.165) is 45.8 Å². The fourth-order valence-electron chi connectivity index (χ4n) is 1.88. The van der Waals surface area contributed by atoms with Gasteiger partial charge in [-0.05, 0) is 18.9 Å². The minimum atomic E-state index is -0.0377. The number of carbonyl (C=O) groups is 1. The Morgan fingerprint density at radius 3 is 2.67 bits per heavy atom. The number of rotatable bonds is 7. The van der Waals surface area contributed by atoms with Gasteiger partial charge < -0.3 is 15.8 Å². The molecular formula is C13H27N3O2. The molecule has 0 bridgehead atoms. The van der Waals surface area contributed by atoms with Gasteiger partial charge in [0, 0.05) is 32.1 Å². The normalized spacial score (nSPS) is 18.9. The highest BCUT2D eigenvalue weighted by Crippen LogP contribution is 2.02. The number of nitrogens with one attached hydrogen (secondary N) is 1. The maximum atomic E-state index is 11.6. The minimum Gasteiger partial charge on any atom is -0.379 e. The number of morpholine rings is 1. The number of hydrogen-bond donors (Lipinski definition) is 2. The number of carbonyl (C=O) groups excluding carboxylic acids is 1. The van der Waals surface area contributed by atoms with Crippen molar-refractivity contribution in [3.63, 3.8) is 0 Å². The second kappa shape index (κ2) is 8.45. The smallest absolute Gasteiger partial charge is 0.221 e. The molecule has 5 nitrogen and oxygen atoms in total. The summed E-state index contributed by atoms with van der Waals surface area (Å²) >= 11 is 0. The molecule has 18 heavy (non-hydrogen) atoms. The first-order valence-electron chi connectivity index (χ1n) is 6.92. The molecule has 1 amide bonds. The number of amides is 1. The molecule has 0 saturated carbocycles. The molecule has 0 aromatic carbocycles. The van der Waals surface area contributed by atoms with E-state index < -0.39 is 0 Å². The second-order valence-electron chi connectivity index (χ2n) is 5.27. The lowest BCUT2D eigenvalue weighted by Gasteiger charge is -2.26. The summed E-state index contributed by atoms with van der Waals surface area (Å²) in [7, 11) is 0. The van der Waals surface area contributed by atoms with Gasteiger partial charge in [-0.15, -0.1) is 0 Å². The number of nitrogens with zero attached hydrogens (tertiary/aromatic N) is 1. The van der Waals surface area contributed by atoms with Crippen molar-refractivity contribution in [3.8, 4) is 0 Å². The molecule has 1 aliphatic heterocycles. The van der Waals surface area contributed by atoms with E-state index in [1.54, 1.807) is 0 Å². The molecule has 0 aliphatic carbocycles. The predicted octanol–water partition coefficient (Wildman–Crippen LogP) is 0.198. The Bertz CT molecular complexity index is 240. The van der Waals surface area contributed by atoms with Gasteiger partial charge >= 0.3 is 0 Å². The number of nitrogens with two attached hydrogens (primary N) is 1. The fourth-order valence-corrected chi connectivity index (χ4v) is 1.88. The van der Waals surface area contributed by atoms with Crippen molar-refractivity contribution in [2.24, 2.45) is 11.7 Å². The Kier molecular flexibility index (Phi) is 7.23. The zero-order chi connectivity index (χ0) is 13.4. The molecule has 3 N–H and O–H groups in total. The van der Waals surface area contributed by atoms with Crippen molar-refractivity contribution < 1.29 is 9.53 Å². The van der Waals surface area contributed by atoms with Gasteiger partial charge in [0.2, 0.25) is 5.91 Å². The molecule has 1 unspecified atom stereocenters. The highest BCUT2D eigenvalue weighted by Gasteiger charge is 2.13. The zero-order valence-electron chi connectivity index (χ0n) is 11.7. The van der Waals surface area contributed by atoms with E-state index in [2.05, 4.69) is 10.2 Å². The van der Waals surface area contributed by atoms with E-state index in [9.17, 15) is 4.79 Å². The van der Waals surface area contributed by atoms with Crippen molar-refractivity contribution in [2.75, 3.05) is 39.4 Å². The van der Waals surface area contributed by atoms with Crippen LogP contribution in [0.5, 0.6) is 0 Å². The van der Waals surface area contributed by atoms with E-state index in [1.807, 2.05) is 13.8 Å². The lowest BCUT2D eigenvalue weighted by atomic mass is 10.0. The molecule has 106 valence electrons. The molecule has 0 radical (unpaired) electrons. The van der Waals surface area contributed by atoms with Crippen molar-refractivity contribution in [2.45, 2.75) is 32.7 Å². The Morgan fingerprint density at radius 2 is 2.06 bits per heavy atom. The summed E-state index contributed by atoms with van der Waals surface area (Å²) in [5.74, 6) is 0.419. The van der Waals surface area contributed by atoms with Crippen LogP contribution in [0.2, 0.25) is 0 Å². The van der Waals surface area contributed by atoms with Crippen LogP contribution < -0.4 is 11.1 Å². The van der Waals surface area contributed by atoms with Crippen LogP contribution in [0.3, 0.4) is 0 Å². The SMILES string of the molecule is CC(C)C(N)CC(=O)NCCCN1CCOCC1. The largest absolute Gasteiger partial charge is 0.379 e. The Hall–Kier alpha value is -0.650. The van der Waals surface area contributed by atoms with Crippen LogP contribution >= 0.6 is 0 Å². The quantitative estimate of drug-likeness (QED) is 0.639. The summed E-state index contributed by atoms with van der Waals surface area (Å²) in [4.78, 5) is 14.0. The topological polar surface area (TPSA) is 67.6 Å². The van der Waals surface area contributed by atoms with Crippen molar-refractivity contribution >= 4 is 5.91 Å². The van der Waals surface area contributed by atoms with Crippen LogP contribution in [0.25, 0.3) is 0 Å². The molecule has 5 heteroatoms. The van der Waals surface area contributed by atoms with Gasteiger partial charge in [-0.1, -0.05) is 13.8 Å². The Balaban J connectivity index is 2.01. The number of ether oxygens (including phenoxy) is 1. The van der Waals surface area contributed by atoms with Gasteiger partial charge in [0.05, 0.1) is 13.2 Å². The van der Waals surface area contributed by atoms with Crippen LogP contribution in [0, 0.1) is 5.92 Å². The third-order valence-corrected chi connectivity index (χ3v) is 3.35. The molecule has 1 saturated heterocycles. The average Bonchev–Trinajstić information content (AvgIpc) is 2.35. The van der Waals surface area contributed by atoms with Crippen LogP contribution in [-0.2, 0) is 9.53 Å². The van der Waals surface area contributed by atoms with Crippen LogP contribution in [-0.4, -0.2) is 56.2 Å². The maximum Gasteiger partial charge on any atom is 0.221 e. The first-order chi connectivity index (χ1) is 8.59. The summed E-state index contributed by atoms with van der Waals surface area (Å²) in [5.41, 5.74) is 5.86. The average molecular weight is 257 g/mol. The molecule has 0 spiro atoms. The van der Waals surface area contributed by atoms with Gasteiger partial charge in [0.15, 0.2) is 0 Å². The second-order valence-corrected chi connectivity index (χ2v) is 5.27. The Morgan fingerprint density at radius 1 is 1.39 bits per heavy atom. The summed E-state index contributed by atoms with van der Waals surface area (Å²) < 4.78 is 5.29. The van der Waals surface area contributed by atoms with Crippen molar-refractivity contribution in [1.82, 2.24) is 10.2 Å². The molecular weight excluding hydrogens is 230 g/mol. The molecule has 0 aromatic heterocycles. The standard InChI is InChI=1S/C13H27N3O2/c1-11(2)12(14)10-13(17)15-4-3-5-16-6-8-18-9-7-16/h11-12H,3-10,14H2,1-2H3,(H,15,17). The molecule has 1 aliphatic rings. The predicted molar refractivity (Wildman–Crippen MR) is 72.3 cm³/mol. The molecule has 0 aromatic rings. The summed E-state index contributed by atoms with van der Waals surface area (Å²) in [5, 5.41) is 2.93. The van der Waals surface area contributed by atoms with Gasteiger partial charge in [-0.3, -0.25) is 9.69 Å². The van der Waals surface area contributed by atoms with Crippen molar-refractivity contribution in [1.29, 1.82) is 0 Å². The maximum absolute atomic E-state index is 11.6. The lowest BCUT2D eigenvalue weighted by Crippen LogP contribution is -2.39. The Labute approximate surface area is 110 Å². The highest BCUT2D eigenvalue weighted by molar-refractivity contribution is 5.76. The van der Waals surface area contributed by atoms with Crippen LogP contribution in [0.15, 0.2) is 0 Å². The van der Waals surface area contributed by atoms with E-state index >= 15 is 0 Å². The first kappa shape index (κ1) is 15.4. The van der Waals surface area contributed by atoms with E-state index in [-0.39, 0.29) is 11.9 Å². The summed E-state index contributed by atoms with van der Waals surface area (Å²) in [6, 6.07) is -0.0377. The summed E-state index contributed by atoms with van der Waals surface area (Å²) in [6.07, 6.45) is 1.41. The first-order valence-corrected chi connectivity index (χ1v) is 6.92. The van der Waals surface area contributed by atoms with Crippen molar-refractivity contribution in [3.05, 3.63) is 0 Å². The zero-order valence-corrected chi connectivity index (χ0v) is 11.7. The fraction of sp³-hybridized carbons (Fsp3) is 0.923. The monoisotopic (exact) mass is 257 g/mol. The third-order valence-electron chi connectivity index (χ3n) is 3.35. The van der Waals surface area contributed by atoms with Crippen LogP contribution in [0.4, 0.5) is 0 Å². The molecule has 1 fully saturated rings. The van der Waals surface area contributed by atoms with E-state index in [1.165, 1.54) is 0 Å². The summed E-state index contributed by atoms with van der Waals surface area (Å²) in [6.45, 7) is 9.51. The van der Waals surface area contributed by atoms with E-state index in [0.29, 0.717) is 12.3 Å². The lowest BCUT2D eigenvalue weighted by molar-refractivity contribution is -0.121. The molecule has 1 rings (SSSR count). The third kappa shape index (κ3) is 6.33. The minimum absolute atomic E-state index is 0.0377. The van der Waals surface area contributed by atoms with Gasteiger partial charge in [-0.2, -0.15) is 0 Å². The van der Waals surface area contributed by atoms with E-state index in [4.69, 9.17) is 10.5 Å². The van der Waals surface area contributed by atoms with Crippen LogP contribution in [0.1, 0.15) is 26.7 Å². The van der Waals surface area contributed by atoms with Gasteiger partial charge in [0.25, 0.3) is 0 Å². The van der Waals surface area contributed by atoms with Gasteiger partial charge in [0.1, 0.15) is 0 Å². The van der Waals surface area contributed by atoms with Gasteiger partial charge in [-0.25, -0.2) is 0 Å². The molecule has 1 atom stereocenters.